The summed E-state index contributed by atoms with van der Waals surface area (Å²) in [6, 6.07) is 7.94. The molecule has 0 atom stereocenters. The summed E-state index contributed by atoms with van der Waals surface area (Å²) in [6.07, 6.45) is 0. The third kappa shape index (κ3) is 2.03. The Morgan fingerprint density at radius 2 is 1.89 bits per heavy atom. The molecule has 1 aliphatic rings. The quantitative estimate of drug-likeness (QED) is 0.897. The van der Waals surface area contributed by atoms with Crippen molar-refractivity contribution in [2.75, 3.05) is 11.9 Å². The van der Waals surface area contributed by atoms with Crippen molar-refractivity contribution in [1.82, 2.24) is 0 Å². The number of benzene rings is 1. The summed E-state index contributed by atoms with van der Waals surface area (Å²) in [7, 11) is 0. The molecule has 0 aliphatic heterocycles. The molecule has 0 unspecified atom stereocenters. The molecule has 0 amide bonds. The zero-order valence-corrected chi connectivity index (χ0v) is 12.9. The topological polar surface area (TPSA) is 35.8 Å². The molecule has 2 rings (SSSR count). The Morgan fingerprint density at radius 3 is 2.39 bits per heavy atom. The predicted octanol–water partition coefficient (Wildman–Crippen LogP) is 4.41. The van der Waals surface area contributed by atoms with Gasteiger partial charge in [0.2, 0.25) is 0 Å². The highest BCUT2D eigenvalue weighted by Crippen LogP contribution is 2.68. The van der Waals surface area contributed by atoms with Crippen molar-refractivity contribution < 1.29 is 0 Å². The number of rotatable bonds is 3. The number of nitriles is 1. The van der Waals surface area contributed by atoms with Gasteiger partial charge in [-0.25, -0.2) is 0 Å². The van der Waals surface area contributed by atoms with Crippen LogP contribution in [0.2, 0.25) is 0 Å². The highest BCUT2D eigenvalue weighted by Gasteiger charge is 2.64. The fourth-order valence-corrected chi connectivity index (χ4v) is 3.18. The Labute approximate surface area is 118 Å². The molecule has 1 N–H and O–H groups in total. The number of nitrogens with zero attached hydrogens (tertiary/aromatic N) is 1. The molecule has 0 spiro atoms. The minimum absolute atomic E-state index is 0.374. The standard InChI is InChI=1S/C15H19BrN2/c1-14(2)13(15(14,3)4)9-18-12-7-11(16)6-5-10(12)8-17/h5-7,13,18H,9H2,1-4H3. The van der Waals surface area contributed by atoms with Gasteiger partial charge in [0.1, 0.15) is 6.07 Å². The van der Waals surface area contributed by atoms with E-state index in [1.54, 1.807) is 0 Å². The summed E-state index contributed by atoms with van der Waals surface area (Å²) < 4.78 is 0.998. The summed E-state index contributed by atoms with van der Waals surface area (Å²) >= 11 is 3.44. The van der Waals surface area contributed by atoms with Crippen LogP contribution in [0.15, 0.2) is 22.7 Å². The third-order valence-electron chi connectivity index (χ3n) is 4.92. The van der Waals surface area contributed by atoms with Crippen LogP contribution in [0.5, 0.6) is 0 Å². The second-order valence-electron chi connectivity index (χ2n) is 6.18. The van der Waals surface area contributed by atoms with Gasteiger partial charge in [0.15, 0.2) is 0 Å². The van der Waals surface area contributed by atoms with E-state index in [2.05, 4.69) is 55.0 Å². The van der Waals surface area contributed by atoms with E-state index in [4.69, 9.17) is 5.26 Å². The first-order valence-electron chi connectivity index (χ1n) is 6.24. The van der Waals surface area contributed by atoms with Gasteiger partial charge < -0.3 is 5.32 Å². The molecule has 1 fully saturated rings. The van der Waals surface area contributed by atoms with Gasteiger partial charge in [0.05, 0.1) is 11.3 Å². The molecule has 1 aromatic rings. The highest BCUT2D eigenvalue weighted by atomic mass is 79.9. The third-order valence-corrected chi connectivity index (χ3v) is 5.41. The summed E-state index contributed by atoms with van der Waals surface area (Å²) in [5, 5.41) is 12.5. The van der Waals surface area contributed by atoms with Crippen molar-refractivity contribution in [3.05, 3.63) is 28.2 Å². The maximum Gasteiger partial charge on any atom is 0.101 e. The van der Waals surface area contributed by atoms with E-state index in [9.17, 15) is 0 Å². The zero-order chi connectivity index (χ0) is 13.6. The first-order valence-corrected chi connectivity index (χ1v) is 7.03. The molecule has 1 saturated carbocycles. The zero-order valence-electron chi connectivity index (χ0n) is 11.3. The minimum atomic E-state index is 0.374. The highest BCUT2D eigenvalue weighted by molar-refractivity contribution is 9.10. The van der Waals surface area contributed by atoms with E-state index < -0.39 is 0 Å². The van der Waals surface area contributed by atoms with Gasteiger partial charge in [-0.2, -0.15) is 5.26 Å². The van der Waals surface area contributed by atoms with E-state index in [1.807, 2.05) is 18.2 Å². The smallest absolute Gasteiger partial charge is 0.101 e. The minimum Gasteiger partial charge on any atom is -0.384 e. The van der Waals surface area contributed by atoms with Crippen LogP contribution >= 0.6 is 15.9 Å². The predicted molar refractivity (Wildman–Crippen MR) is 78.4 cm³/mol. The number of hydrogen-bond acceptors (Lipinski definition) is 2. The molecule has 0 radical (unpaired) electrons. The Kier molecular flexibility index (Phi) is 3.19. The van der Waals surface area contributed by atoms with Gasteiger partial charge >= 0.3 is 0 Å². The first kappa shape index (κ1) is 13.4. The SMILES string of the molecule is CC1(C)C(CNc2cc(Br)ccc2C#N)C1(C)C. The summed E-state index contributed by atoms with van der Waals surface area (Å²) in [5.41, 5.74) is 2.37. The molecule has 0 aromatic heterocycles. The van der Waals surface area contributed by atoms with Crippen LogP contribution in [-0.4, -0.2) is 6.54 Å². The summed E-state index contributed by atoms with van der Waals surface area (Å²) in [4.78, 5) is 0. The lowest BCUT2D eigenvalue weighted by Gasteiger charge is -2.09. The van der Waals surface area contributed by atoms with Gasteiger partial charge in [-0.1, -0.05) is 43.6 Å². The van der Waals surface area contributed by atoms with Crippen LogP contribution in [0.4, 0.5) is 5.69 Å². The molecule has 18 heavy (non-hydrogen) atoms. The molecule has 2 nitrogen and oxygen atoms in total. The number of hydrogen-bond donors (Lipinski definition) is 1. The van der Waals surface area contributed by atoms with Crippen LogP contribution in [0.3, 0.4) is 0 Å². The maximum absolute atomic E-state index is 9.09. The molecule has 0 saturated heterocycles. The molecule has 0 bridgehead atoms. The largest absolute Gasteiger partial charge is 0.384 e. The average Bonchev–Trinajstić information content (AvgIpc) is 2.67. The van der Waals surface area contributed by atoms with Gasteiger partial charge in [-0.15, -0.1) is 0 Å². The van der Waals surface area contributed by atoms with Crippen LogP contribution in [0.1, 0.15) is 33.3 Å². The first-order chi connectivity index (χ1) is 8.30. The molecule has 1 aromatic carbocycles. The second kappa shape index (κ2) is 4.28. The lowest BCUT2D eigenvalue weighted by molar-refractivity contribution is 0.457. The maximum atomic E-state index is 9.09. The lowest BCUT2D eigenvalue weighted by atomic mass is 10.0. The van der Waals surface area contributed by atoms with Crippen LogP contribution in [-0.2, 0) is 0 Å². The van der Waals surface area contributed by atoms with Crippen molar-refractivity contribution in [3.8, 4) is 6.07 Å². The molecular weight excluding hydrogens is 288 g/mol. The Morgan fingerprint density at radius 1 is 1.28 bits per heavy atom. The van der Waals surface area contributed by atoms with Crippen molar-refractivity contribution in [3.63, 3.8) is 0 Å². The van der Waals surface area contributed by atoms with Crippen LogP contribution in [0, 0.1) is 28.1 Å². The van der Waals surface area contributed by atoms with Gasteiger partial charge in [-0.05, 0) is 34.9 Å². The molecule has 3 heteroatoms. The van der Waals surface area contributed by atoms with Crippen molar-refractivity contribution in [1.29, 1.82) is 5.26 Å². The monoisotopic (exact) mass is 306 g/mol. The molecule has 0 heterocycles. The lowest BCUT2D eigenvalue weighted by Crippen LogP contribution is -2.09. The van der Waals surface area contributed by atoms with Crippen molar-refractivity contribution in [2.24, 2.45) is 16.7 Å². The van der Waals surface area contributed by atoms with E-state index in [0.29, 0.717) is 22.3 Å². The van der Waals surface area contributed by atoms with Crippen molar-refractivity contribution >= 4 is 21.6 Å². The number of halogens is 1. The molecule has 96 valence electrons. The van der Waals surface area contributed by atoms with Crippen LogP contribution < -0.4 is 5.32 Å². The van der Waals surface area contributed by atoms with E-state index in [1.165, 1.54) is 0 Å². The normalized spacial score (nSPS) is 20.2. The van der Waals surface area contributed by atoms with E-state index in [-0.39, 0.29) is 0 Å². The number of nitrogens with one attached hydrogen (secondary N) is 1. The van der Waals surface area contributed by atoms with E-state index >= 15 is 0 Å². The van der Waals surface area contributed by atoms with Gasteiger partial charge in [0, 0.05) is 11.0 Å². The Bertz CT molecular complexity index is 498. The summed E-state index contributed by atoms with van der Waals surface area (Å²) in [6.45, 7) is 10.2. The van der Waals surface area contributed by atoms with Crippen LogP contribution in [0.25, 0.3) is 0 Å². The Balaban J connectivity index is 2.09. The molecule has 1 aliphatic carbocycles. The fourth-order valence-electron chi connectivity index (χ4n) is 2.82. The number of anilines is 1. The van der Waals surface area contributed by atoms with Crippen molar-refractivity contribution in [2.45, 2.75) is 27.7 Å². The van der Waals surface area contributed by atoms with Gasteiger partial charge in [0.25, 0.3) is 0 Å². The van der Waals surface area contributed by atoms with Gasteiger partial charge in [-0.3, -0.25) is 0 Å². The summed E-state index contributed by atoms with van der Waals surface area (Å²) in [5.74, 6) is 0.649. The average molecular weight is 307 g/mol. The second-order valence-corrected chi connectivity index (χ2v) is 7.09. The fraction of sp³-hybridized carbons (Fsp3) is 0.533. The molecular formula is C15H19BrN2. The van der Waals surface area contributed by atoms with E-state index in [0.717, 1.165) is 16.7 Å². The Hall–Kier alpha value is -1.01.